The molecule has 2 aromatic rings. The zero-order chi connectivity index (χ0) is 22.6. The summed E-state index contributed by atoms with van der Waals surface area (Å²) < 4.78 is 2.22. The fourth-order valence-corrected chi connectivity index (χ4v) is 4.19. The van der Waals surface area contributed by atoms with Gasteiger partial charge in [-0.25, -0.2) is 4.98 Å². The lowest BCUT2D eigenvalue weighted by Crippen LogP contribution is -2.43. The highest BCUT2D eigenvalue weighted by atomic mass is 16.3. The third-order valence-corrected chi connectivity index (χ3v) is 5.81. The summed E-state index contributed by atoms with van der Waals surface area (Å²) in [5.74, 6) is 0.0802. The van der Waals surface area contributed by atoms with E-state index in [1.54, 1.807) is 6.20 Å². The predicted molar refractivity (Wildman–Crippen MR) is 119 cm³/mol. The summed E-state index contributed by atoms with van der Waals surface area (Å²) in [7, 11) is 0. The van der Waals surface area contributed by atoms with Crippen LogP contribution in [0.4, 0.5) is 5.95 Å². The Morgan fingerprint density at radius 2 is 2.06 bits per heavy atom. The van der Waals surface area contributed by atoms with Crippen LogP contribution in [0.3, 0.4) is 0 Å². The maximum Gasteiger partial charge on any atom is 0.221 e. The van der Waals surface area contributed by atoms with Crippen LogP contribution in [0.15, 0.2) is 12.3 Å². The van der Waals surface area contributed by atoms with E-state index in [9.17, 15) is 9.59 Å². The van der Waals surface area contributed by atoms with Crippen molar-refractivity contribution < 1.29 is 14.7 Å². The van der Waals surface area contributed by atoms with Gasteiger partial charge in [0, 0.05) is 48.7 Å². The Morgan fingerprint density at radius 3 is 2.68 bits per heavy atom. The van der Waals surface area contributed by atoms with Crippen molar-refractivity contribution in [3.63, 3.8) is 0 Å². The molecule has 1 aliphatic heterocycles. The summed E-state index contributed by atoms with van der Waals surface area (Å²) in [5, 5.41) is 12.5. The molecule has 31 heavy (non-hydrogen) atoms. The number of nitrogens with one attached hydrogen (secondary N) is 1. The molecular formula is C22H34N6O3. The molecule has 1 saturated heterocycles. The van der Waals surface area contributed by atoms with Crippen molar-refractivity contribution in [1.29, 1.82) is 0 Å². The van der Waals surface area contributed by atoms with Crippen LogP contribution in [-0.4, -0.2) is 63.0 Å². The topological polar surface area (TPSA) is 126 Å². The standard InChI is InChI=1S/C22H34N6O3/c1-21(2,3)14-28-17(10-16-12-25-20(23)26-19(16)28)13-27-7-4-22(15-30,5-8-27)11-18(31)24-6-9-29/h10,12,15,29H,4-9,11,13-14H2,1-3H3,(H,24,31)(H2,23,25,26). The summed E-state index contributed by atoms with van der Waals surface area (Å²) in [5.41, 5.74) is 7.26. The molecule has 1 aliphatic rings. The molecule has 3 rings (SSSR count). The lowest BCUT2D eigenvalue weighted by Gasteiger charge is -2.38. The molecule has 0 aromatic carbocycles. The summed E-state index contributed by atoms with van der Waals surface area (Å²) in [4.78, 5) is 34.8. The molecule has 3 heterocycles. The van der Waals surface area contributed by atoms with E-state index in [0.29, 0.717) is 12.8 Å². The van der Waals surface area contributed by atoms with E-state index in [0.717, 1.165) is 49.2 Å². The van der Waals surface area contributed by atoms with Crippen molar-refractivity contribution in [1.82, 2.24) is 24.8 Å². The second-order valence-electron chi connectivity index (χ2n) is 9.80. The van der Waals surface area contributed by atoms with Gasteiger partial charge < -0.3 is 25.5 Å². The number of aliphatic hydroxyl groups is 1. The van der Waals surface area contributed by atoms with E-state index < -0.39 is 5.41 Å². The first kappa shape index (κ1) is 23.1. The number of amides is 1. The number of carbonyl (C=O) groups excluding carboxylic acids is 2. The average Bonchev–Trinajstić information content (AvgIpc) is 3.03. The molecule has 0 spiro atoms. The minimum Gasteiger partial charge on any atom is -0.395 e. The Labute approximate surface area is 183 Å². The van der Waals surface area contributed by atoms with E-state index >= 15 is 0 Å². The van der Waals surface area contributed by atoms with Crippen LogP contribution in [0.5, 0.6) is 0 Å². The molecule has 1 amide bonds. The summed E-state index contributed by atoms with van der Waals surface area (Å²) in [6.45, 7) is 9.68. The van der Waals surface area contributed by atoms with Crippen molar-refractivity contribution in [3.05, 3.63) is 18.0 Å². The van der Waals surface area contributed by atoms with Crippen molar-refractivity contribution in [2.75, 3.05) is 32.0 Å². The minimum absolute atomic E-state index is 0.0664. The van der Waals surface area contributed by atoms with Gasteiger partial charge in [0.1, 0.15) is 11.9 Å². The predicted octanol–water partition coefficient (Wildman–Crippen LogP) is 1.34. The normalized spacial score (nSPS) is 17.0. The van der Waals surface area contributed by atoms with Gasteiger partial charge in [-0.1, -0.05) is 20.8 Å². The first-order valence-electron chi connectivity index (χ1n) is 10.8. The number of piperidine rings is 1. The van der Waals surface area contributed by atoms with Gasteiger partial charge in [-0.3, -0.25) is 9.69 Å². The molecule has 0 atom stereocenters. The van der Waals surface area contributed by atoms with Gasteiger partial charge in [0.2, 0.25) is 11.9 Å². The Morgan fingerprint density at radius 1 is 1.35 bits per heavy atom. The van der Waals surface area contributed by atoms with Crippen LogP contribution in [-0.2, 0) is 22.7 Å². The van der Waals surface area contributed by atoms with Gasteiger partial charge in [-0.2, -0.15) is 4.98 Å². The van der Waals surface area contributed by atoms with E-state index in [1.807, 2.05) is 0 Å². The number of rotatable bonds is 8. The van der Waals surface area contributed by atoms with Crippen molar-refractivity contribution in [2.45, 2.75) is 53.1 Å². The highest BCUT2D eigenvalue weighted by molar-refractivity contribution is 5.81. The number of likely N-dealkylation sites (tertiary alicyclic amines) is 1. The van der Waals surface area contributed by atoms with Gasteiger partial charge in [-0.05, 0) is 37.4 Å². The summed E-state index contributed by atoms with van der Waals surface area (Å²) >= 11 is 0. The second kappa shape index (κ2) is 9.32. The number of hydrogen-bond acceptors (Lipinski definition) is 7. The number of aldehydes is 1. The number of nitrogens with zero attached hydrogens (tertiary/aromatic N) is 4. The second-order valence-corrected chi connectivity index (χ2v) is 9.80. The molecule has 0 bridgehead atoms. The number of aliphatic hydroxyl groups excluding tert-OH is 1. The first-order chi connectivity index (χ1) is 14.6. The van der Waals surface area contributed by atoms with Gasteiger partial charge in [0.25, 0.3) is 0 Å². The average molecular weight is 431 g/mol. The van der Waals surface area contributed by atoms with Crippen LogP contribution in [0.1, 0.15) is 45.7 Å². The smallest absolute Gasteiger partial charge is 0.221 e. The van der Waals surface area contributed by atoms with E-state index in [4.69, 9.17) is 10.8 Å². The molecule has 0 radical (unpaired) electrons. The quantitative estimate of drug-likeness (QED) is 0.539. The van der Waals surface area contributed by atoms with Crippen molar-refractivity contribution >= 4 is 29.2 Å². The number of fused-ring (bicyclic) bond motifs is 1. The minimum atomic E-state index is -0.631. The zero-order valence-electron chi connectivity index (χ0n) is 18.7. The first-order valence-corrected chi connectivity index (χ1v) is 10.8. The van der Waals surface area contributed by atoms with Crippen LogP contribution in [0.25, 0.3) is 11.0 Å². The van der Waals surface area contributed by atoms with Crippen molar-refractivity contribution in [3.8, 4) is 0 Å². The molecule has 0 aliphatic carbocycles. The van der Waals surface area contributed by atoms with Crippen LogP contribution < -0.4 is 11.1 Å². The summed E-state index contributed by atoms with van der Waals surface area (Å²) in [6.07, 6.45) is 4.14. The number of hydrogen-bond donors (Lipinski definition) is 3. The van der Waals surface area contributed by atoms with Gasteiger partial charge in [-0.15, -0.1) is 0 Å². The molecule has 2 aromatic heterocycles. The third kappa shape index (κ3) is 5.80. The molecule has 0 saturated carbocycles. The lowest BCUT2D eigenvalue weighted by atomic mass is 9.76. The molecule has 1 fully saturated rings. The number of aromatic nitrogens is 3. The van der Waals surface area contributed by atoms with E-state index in [-0.39, 0.29) is 36.8 Å². The van der Waals surface area contributed by atoms with Crippen LogP contribution in [0.2, 0.25) is 0 Å². The molecule has 9 heteroatoms. The molecule has 170 valence electrons. The van der Waals surface area contributed by atoms with Crippen LogP contribution >= 0.6 is 0 Å². The molecule has 9 nitrogen and oxygen atoms in total. The van der Waals surface area contributed by atoms with Gasteiger partial charge in [0.05, 0.1) is 6.61 Å². The Balaban J connectivity index is 1.73. The van der Waals surface area contributed by atoms with Gasteiger partial charge in [0.15, 0.2) is 0 Å². The number of nitrogens with two attached hydrogens (primary N) is 1. The highest BCUT2D eigenvalue weighted by Gasteiger charge is 2.36. The fourth-order valence-electron chi connectivity index (χ4n) is 4.19. The van der Waals surface area contributed by atoms with Crippen LogP contribution in [0, 0.1) is 10.8 Å². The lowest BCUT2D eigenvalue weighted by molar-refractivity contribution is -0.130. The van der Waals surface area contributed by atoms with E-state index in [1.165, 1.54) is 0 Å². The Kier molecular flexibility index (Phi) is 6.96. The monoisotopic (exact) mass is 430 g/mol. The summed E-state index contributed by atoms with van der Waals surface area (Å²) in [6, 6.07) is 2.12. The largest absolute Gasteiger partial charge is 0.395 e. The molecule has 0 unspecified atom stereocenters. The van der Waals surface area contributed by atoms with Gasteiger partial charge >= 0.3 is 0 Å². The SMILES string of the molecule is CC(C)(C)Cn1c(CN2CCC(C=O)(CC(=O)NCCO)CC2)cc2cnc(N)nc21. The number of carbonyl (C=O) groups is 2. The molecule has 4 N–H and O–H groups in total. The fraction of sp³-hybridized carbons (Fsp3) is 0.636. The molecular weight excluding hydrogens is 396 g/mol. The number of anilines is 1. The Hall–Kier alpha value is -2.52. The zero-order valence-corrected chi connectivity index (χ0v) is 18.7. The maximum atomic E-state index is 12.1. The number of nitrogen functional groups attached to an aromatic ring is 1. The van der Waals surface area contributed by atoms with Crippen molar-refractivity contribution in [2.24, 2.45) is 10.8 Å². The Bertz CT molecular complexity index is 925. The maximum absolute atomic E-state index is 12.1. The van der Waals surface area contributed by atoms with E-state index in [2.05, 4.69) is 51.6 Å². The third-order valence-electron chi connectivity index (χ3n) is 5.81. The highest BCUT2D eigenvalue weighted by Crippen LogP contribution is 2.34.